The summed E-state index contributed by atoms with van der Waals surface area (Å²) in [5, 5.41) is 8.61. The maximum Gasteiger partial charge on any atom is 0.237 e. The molecule has 1 fully saturated rings. The lowest BCUT2D eigenvalue weighted by Crippen LogP contribution is -2.43. The van der Waals surface area contributed by atoms with Crippen molar-refractivity contribution in [3.63, 3.8) is 0 Å². The lowest BCUT2D eigenvalue weighted by atomic mass is 10.1. The van der Waals surface area contributed by atoms with Crippen molar-refractivity contribution >= 4 is 15.7 Å². The minimum atomic E-state index is -3.26. The molecule has 0 aromatic carbocycles. The number of ether oxygens (including phenoxy) is 1. The Bertz CT molecular complexity index is 346. The molecule has 6 nitrogen and oxygen atoms in total. The average Bonchev–Trinajstić information content (AvgIpc) is 2.24. The van der Waals surface area contributed by atoms with Crippen LogP contribution in [-0.4, -0.2) is 68.7 Å². The summed E-state index contributed by atoms with van der Waals surface area (Å²) >= 11 is 0. The highest BCUT2D eigenvalue weighted by Gasteiger charge is 2.24. The summed E-state index contributed by atoms with van der Waals surface area (Å²) in [6.45, 7) is 1.34. The van der Waals surface area contributed by atoms with Crippen molar-refractivity contribution in [3.05, 3.63) is 0 Å². The summed E-state index contributed by atoms with van der Waals surface area (Å²) in [7, 11) is -3.26. The molecule has 0 aromatic rings. The number of likely N-dealkylation sites (tertiary alicyclic amines) is 1. The number of nitrogens with zero attached hydrogens (tertiary/aromatic N) is 1. The first-order valence-electron chi connectivity index (χ1n) is 5.60. The van der Waals surface area contributed by atoms with E-state index in [4.69, 9.17) is 9.84 Å². The second-order valence-electron chi connectivity index (χ2n) is 4.24. The first-order chi connectivity index (χ1) is 7.92. The molecular formula is C10H19NO5S. The number of rotatable bonds is 5. The molecule has 0 saturated carbocycles. The van der Waals surface area contributed by atoms with Crippen LogP contribution in [0.2, 0.25) is 0 Å². The van der Waals surface area contributed by atoms with Crippen LogP contribution in [0.25, 0.3) is 0 Å². The molecule has 1 saturated heterocycles. The Labute approximate surface area is 101 Å². The predicted octanol–water partition coefficient (Wildman–Crippen LogP) is -0.969. The fraction of sp³-hybridized carbons (Fsp3) is 0.900. The van der Waals surface area contributed by atoms with Crippen molar-refractivity contribution in [2.75, 3.05) is 38.3 Å². The van der Waals surface area contributed by atoms with Crippen LogP contribution >= 0.6 is 0 Å². The van der Waals surface area contributed by atoms with E-state index in [9.17, 15) is 13.2 Å². The van der Waals surface area contributed by atoms with Gasteiger partial charge in [0, 0.05) is 19.3 Å². The van der Waals surface area contributed by atoms with Gasteiger partial charge in [0.05, 0.1) is 19.3 Å². The highest BCUT2D eigenvalue weighted by atomic mass is 32.2. The van der Waals surface area contributed by atoms with Crippen LogP contribution < -0.4 is 0 Å². The Morgan fingerprint density at radius 1 is 1.41 bits per heavy atom. The summed E-state index contributed by atoms with van der Waals surface area (Å²) in [6, 6.07) is 0. The molecule has 1 rings (SSSR count). The van der Waals surface area contributed by atoms with Crippen molar-refractivity contribution in [3.8, 4) is 0 Å². The van der Waals surface area contributed by atoms with Gasteiger partial charge in [0.2, 0.25) is 5.91 Å². The maximum absolute atomic E-state index is 11.6. The lowest BCUT2D eigenvalue weighted by Gasteiger charge is -2.31. The molecule has 17 heavy (non-hydrogen) atoms. The number of aliphatic hydroxyl groups excluding tert-OH is 1. The number of carbonyl (C=O) groups excluding carboxylic acids is 1. The Hall–Kier alpha value is -0.660. The molecule has 7 heteroatoms. The van der Waals surface area contributed by atoms with Crippen LogP contribution in [-0.2, 0) is 19.4 Å². The number of piperidine rings is 1. The molecule has 0 atom stereocenters. The van der Waals surface area contributed by atoms with Crippen molar-refractivity contribution in [1.29, 1.82) is 0 Å². The summed E-state index contributed by atoms with van der Waals surface area (Å²) in [4.78, 5) is 13.2. The third-order valence-corrected chi connectivity index (χ3v) is 3.40. The molecule has 1 N–H and O–H groups in total. The zero-order valence-corrected chi connectivity index (χ0v) is 10.8. The molecule has 1 aliphatic rings. The predicted molar refractivity (Wildman–Crippen MR) is 62.4 cm³/mol. The van der Waals surface area contributed by atoms with Gasteiger partial charge in [-0.2, -0.15) is 0 Å². The molecule has 0 bridgehead atoms. The van der Waals surface area contributed by atoms with E-state index in [1.165, 1.54) is 0 Å². The Kier molecular flexibility index (Phi) is 5.35. The SMILES string of the molecule is CS(=O)(=O)CC(=O)N1CCC(OCCO)CC1. The molecule has 0 radical (unpaired) electrons. The van der Waals surface area contributed by atoms with Crippen LogP contribution in [0.3, 0.4) is 0 Å². The number of carbonyl (C=O) groups is 1. The van der Waals surface area contributed by atoms with Crippen molar-refractivity contribution in [1.82, 2.24) is 4.90 Å². The van der Waals surface area contributed by atoms with Gasteiger partial charge < -0.3 is 14.7 Å². The summed E-state index contributed by atoms with van der Waals surface area (Å²) in [6.07, 6.45) is 2.50. The van der Waals surface area contributed by atoms with E-state index in [1.807, 2.05) is 0 Å². The third-order valence-electron chi connectivity index (χ3n) is 2.63. The van der Waals surface area contributed by atoms with E-state index in [1.54, 1.807) is 4.90 Å². The quantitative estimate of drug-likeness (QED) is 0.691. The normalized spacial score (nSPS) is 18.4. The fourth-order valence-electron chi connectivity index (χ4n) is 1.81. The number of sulfone groups is 1. The van der Waals surface area contributed by atoms with Gasteiger partial charge in [0.25, 0.3) is 0 Å². The van der Waals surface area contributed by atoms with Gasteiger partial charge in [-0.3, -0.25) is 4.79 Å². The smallest absolute Gasteiger partial charge is 0.237 e. The number of hydrogen-bond acceptors (Lipinski definition) is 5. The number of hydrogen-bond donors (Lipinski definition) is 1. The number of aliphatic hydroxyl groups is 1. The zero-order chi connectivity index (χ0) is 12.9. The van der Waals surface area contributed by atoms with Crippen LogP contribution in [0.15, 0.2) is 0 Å². The molecule has 1 heterocycles. The van der Waals surface area contributed by atoms with Crippen molar-refractivity contribution in [2.45, 2.75) is 18.9 Å². The highest BCUT2D eigenvalue weighted by molar-refractivity contribution is 7.91. The van der Waals surface area contributed by atoms with Gasteiger partial charge in [0.1, 0.15) is 5.75 Å². The first kappa shape index (κ1) is 14.4. The molecule has 0 aliphatic carbocycles. The van der Waals surface area contributed by atoms with Crippen LogP contribution in [0, 0.1) is 0 Å². The molecule has 1 aliphatic heterocycles. The lowest BCUT2D eigenvalue weighted by molar-refractivity contribution is -0.131. The average molecular weight is 265 g/mol. The first-order valence-corrected chi connectivity index (χ1v) is 7.66. The number of amides is 1. The summed E-state index contributed by atoms with van der Waals surface area (Å²) in [5.74, 6) is -0.761. The summed E-state index contributed by atoms with van der Waals surface area (Å²) in [5.41, 5.74) is 0. The topological polar surface area (TPSA) is 83.9 Å². The van der Waals surface area contributed by atoms with E-state index in [0.717, 1.165) is 6.26 Å². The monoisotopic (exact) mass is 265 g/mol. The van der Waals surface area contributed by atoms with Crippen molar-refractivity contribution in [2.24, 2.45) is 0 Å². The van der Waals surface area contributed by atoms with Gasteiger partial charge in [0.15, 0.2) is 9.84 Å². The molecule has 1 amide bonds. The van der Waals surface area contributed by atoms with Gasteiger partial charge in [-0.1, -0.05) is 0 Å². The minimum absolute atomic E-state index is 0.00672. The van der Waals surface area contributed by atoms with E-state index >= 15 is 0 Å². The maximum atomic E-state index is 11.6. The highest BCUT2D eigenvalue weighted by Crippen LogP contribution is 2.13. The van der Waals surface area contributed by atoms with E-state index in [0.29, 0.717) is 32.5 Å². The molecule has 0 spiro atoms. The Balaban J connectivity index is 2.34. The minimum Gasteiger partial charge on any atom is -0.394 e. The van der Waals surface area contributed by atoms with Gasteiger partial charge >= 0.3 is 0 Å². The molecular weight excluding hydrogens is 246 g/mol. The van der Waals surface area contributed by atoms with E-state index < -0.39 is 15.6 Å². The van der Waals surface area contributed by atoms with Crippen LogP contribution in [0.1, 0.15) is 12.8 Å². The standard InChI is InChI=1S/C10H19NO5S/c1-17(14,15)8-10(13)11-4-2-9(3-5-11)16-7-6-12/h9,12H,2-8H2,1H3. The van der Waals surface area contributed by atoms with Crippen LogP contribution in [0.4, 0.5) is 0 Å². The fourth-order valence-corrected chi connectivity index (χ4v) is 2.44. The van der Waals surface area contributed by atoms with Gasteiger partial charge in [-0.05, 0) is 12.8 Å². The molecule has 0 aromatic heterocycles. The Morgan fingerprint density at radius 3 is 2.47 bits per heavy atom. The van der Waals surface area contributed by atoms with E-state index in [2.05, 4.69) is 0 Å². The van der Waals surface area contributed by atoms with Crippen molar-refractivity contribution < 1.29 is 23.1 Å². The Morgan fingerprint density at radius 2 is 2.00 bits per heavy atom. The third kappa shape index (κ3) is 5.47. The van der Waals surface area contributed by atoms with Gasteiger partial charge in [-0.15, -0.1) is 0 Å². The van der Waals surface area contributed by atoms with E-state index in [-0.39, 0.29) is 18.6 Å². The van der Waals surface area contributed by atoms with Crippen LogP contribution in [0.5, 0.6) is 0 Å². The second kappa shape index (κ2) is 6.32. The summed E-state index contributed by atoms with van der Waals surface area (Å²) < 4.78 is 27.3. The molecule has 100 valence electrons. The second-order valence-corrected chi connectivity index (χ2v) is 6.38. The molecule has 0 unspecified atom stereocenters. The van der Waals surface area contributed by atoms with Gasteiger partial charge in [-0.25, -0.2) is 8.42 Å². The zero-order valence-electron chi connectivity index (χ0n) is 9.96. The largest absolute Gasteiger partial charge is 0.394 e.